The molecule has 0 aliphatic rings. The molecule has 0 spiro atoms. The summed E-state index contributed by atoms with van der Waals surface area (Å²) < 4.78 is 39.6. The second-order valence-corrected chi connectivity index (χ2v) is 6.60. The third-order valence-corrected chi connectivity index (χ3v) is 3.24. The number of nitrogens with zero attached hydrogens (tertiary/aromatic N) is 1. The first-order chi connectivity index (χ1) is 10.9. The largest absolute Gasteiger partial charge is 0.350 e. The minimum atomic E-state index is -1.65. The van der Waals surface area contributed by atoms with Crippen LogP contribution in [-0.4, -0.2) is 41.9 Å². The number of carbonyl (C=O) groups is 2. The molecule has 134 valence electrons. The fourth-order valence-electron chi connectivity index (χ4n) is 1.88. The Kier molecular flexibility index (Phi) is 6.36. The number of halogens is 3. The van der Waals surface area contributed by atoms with Crippen molar-refractivity contribution in [3.63, 3.8) is 0 Å². The third kappa shape index (κ3) is 5.52. The molecule has 1 atom stereocenters. The highest BCUT2D eigenvalue weighted by Crippen LogP contribution is 2.20. The van der Waals surface area contributed by atoms with Gasteiger partial charge in [0, 0.05) is 5.54 Å². The van der Waals surface area contributed by atoms with E-state index in [0.29, 0.717) is 0 Å². The molecule has 0 radical (unpaired) electrons. The number of likely N-dealkylation sites (N-methyl/N-ethyl adjacent to an activating group) is 1. The van der Waals surface area contributed by atoms with E-state index in [-0.39, 0.29) is 12.5 Å². The van der Waals surface area contributed by atoms with E-state index in [2.05, 4.69) is 10.6 Å². The highest BCUT2D eigenvalue weighted by atomic mass is 19.2. The Bertz CT molecular complexity index is 630. The number of anilines is 1. The molecule has 1 aromatic rings. The Hall–Kier alpha value is -2.09. The van der Waals surface area contributed by atoms with Crippen molar-refractivity contribution >= 4 is 17.5 Å². The van der Waals surface area contributed by atoms with Crippen LogP contribution in [0.5, 0.6) is 0 Å². The molecule has 0 aliphatic heterocycles. The van der Waals surface area contributed by atoms with Gasteiger partial charge in [0.1, 0.15) is 0 Å². The van der Waals surface area contributed by atoms with Crippen LogP contribution < -0.4 is 10.6 Å². The first-order valence-corrected chi connectivity index (χ1v) is 7.38. The Balaban J connectivity index is 2.71. The van der Waals surface area contributed by atoms with Crippen LogP contribution in [0.1, 0.15) is 27.7 Å². The van der Waals surface area contributed by atoms with Crippen molar-refractivity contribution in [2.75, 3.05) is 18.9 Å². The van der Waals surface area contributed by atoms with E-state index in [1.807, 2.05) is 20.8 Å². The van der Waals surface area contributed by atoms with Crippen LogP contribution in [0.25, 0.3) is 0 Å². The summed E-state index contributed by atoms with van der Waals surface area (Å²) in [7, 11) is 1.55. The Labute approximate surface area is 139 Å². The van der Waals surface area contributed by atoms with Gasteiger partial charge < -0.3 is 10.6 Å². The number of amides is 2. The first kappa shape index (κ1) is 20.0. The minimum Gasteiger partial charge on any atom is -0.350 e. The van der Waals surface area contributed by atoms with Crippen LogP contribution in [-0.2, 0) is 9.59 Å². The smallest absolute Gasteiger partial charge is 0.241 e. The monoisotopic (exact) mass is 345 g/mol. The fraction of sp³-hybridized carbons (Fsp3) is 0.500. The quantitative estimate of drug-likeness (QED) is 0.805. The summed E-state index contributed by atoms with van der Waals surface area (Å²) in [5, 5.41) is 4.94. The summed E-state index contributed by atoms with van der Waals surface area (Å²) in [6, 6.07) is 0.868. The second kappa shape index (κ2) is 7.65. The van der Waals surface area contributed by atoms with Crippen LogP contribution in [0.3, 0.4) is 0 Å². The molecule has 0 saturated heterocycles. The predicted molar refractivity (Wildman–Crippen MR) is 84.9 cm³/mol. The van der Waals surface area contributed by atoms with Gasteiger partial charge in [-0.3, -0.25) is 14.5 Å². The first-order valence-electron chi connectivity index (χ1n) is 7.38. The van der Waals surface area contributed by atoms with Gasteiger partial charge in [0.05, 0.1) is 18.3 Å². The molecule has 0 saturated carbocycles. The van der Waals surface area contributed by atoms with Crippen molar-refractivity contribution in [3.05, 3.63) is 29.6 Å². The Morgan fingerprint density at radius 3 is 2.29 bits per heavy atom. The van der Waals surface area contributed by atoms with E-state index >= 15 is 0 Å². The zero-order chi connectivity index (χ0) is 18.7. The van der Waals surface area contributed by atoms with E-state index in [1.165, 1.54) is 11.8 Å². The van der Waals surface area contributed by atoms with Gasteiger partial charge in [-0.1, -0.05) is 0 Å². The lowest BCUT2D eigenvalue weighted by Gasteiger charge is -2.26. The zero-order valence-corrected chi connectivity index (χ0v) is 14.3. The van der Waals surface area contributed by atoms with Crippen molar-refractivity contribution in [2.45, 2.75) is 39.3 Å². The van der Waals surface area contributed by atoms with Crippen LogP contribution >= 0.6 is 0 Å². The van der Waals surface area contributed by atoms with Crippen LogP contribution in [0.4, 0.5) is 18.9 Å². The average molecular weight is 345 g/mol. The van der Waals surface area contributed by atoms with Crippen molar-refractivity contribution in [1.82, 2.24) is 10.2 Å². The molecule has 1 rings (SSSR count). The van der Waals surface area contributed by atoms with Gasteiger partial charge in [-0.25, -0.2) is 13.2 Å². The van der Waals surface area contributed by atoms with Crippen molar-refractivity contribution < 1.29 is 22.8 Å². The summed E-state index contributed by atoms with van der Waals surface area (Å²) in [5.74, 6) is -5.38. The van der Waals surface area contributed by atoms with Crippen LogP contribution in [0, 0.1) is 17.5 Å². The fourth-order valence-corrected chi connectivity index (χ4v) is 1.88. The standard InChI is InChI=1S/C16H22F3N3O2/c1-9(22(5)8-12(23)21-16(2,3)4)15(24)20-11-7-6-10(17)13(18)14(11)19/h6-7,9H,8H2,1-5H3,(H,20,24)(H,21,23)/t9-/m0/s1. The maximum absolute atomic E-state index is 13.6. The average Bonchev–Trinajstić information content (AvgIpc) is 2.44. The molecule has 8 heteroatoms. The lowest BCUT2D eigenvalue weighted by molar-refractivity contribution is -0.125. The second-order valence-electron chi connectivity index (χ2n) is 6.60. The van der Waals surface area contributed by atoms with E-state index in [0.717, 1.165) is 12.1 Å². The van der Waals surface area contributed by atoms with Gasteiger partial charge in [0.2, 0.25) is 11.8 Å². The van der Waals surface area contributed by atoms with Gasteiger partial charge in [-0.15, -0.1) is 0 Å². The molecule has 5 nitrogen and oxygen atoms in total. The molecule has 0 heterocycles. The topological polar surface area (TPSA) is 61.4 Å². The van der Waals surface area contributed by atoms with Crippen LogP contribution in [0.2, 0.25) is 0 Å². The number of benzene rings is 1. The lowest BCUT2D eigenvalue weighted by Crippen LogP contribution is -2.49. The van der Waals surface area contributed by atoms with Crippen molar-refractivity contribution in [1.29, 1.82) is 0 Å². The Morgan fingerprint density at radius 2 is 1.75 bits per heavy atom. The van der Waals surface area contributed by atoms with E-state index in [1.54, 1.807) is 7.05 Å². The molecule has 0 fully saturated rings. The molecule has 2 amide bonds. The molecule has 2 N–H and O–H groups in total. The van der Waals surface area contributed by atoms with Crippen molar-refractivity contribution in [3.8, 4) is 0 Å². The number of rotatable bonds is 5. The highest BCUT2D eigenvalue weighted by molar-refractivity contribution is 5.95. The maximum atomic E-state index is 13.6. The molecule has 0 aromatic heterocycles. The minimum absolute atomic E-state index is 0.0495. The molecule has 24 heavy (non-hydrogen) atoms. The summed E-state index contributed by atoms with van der Waals surface area (Å²) in [5.41, 5.74) is -0.864. The number of nitrogens with one attached hydrogen (secondary N) is 2. The molecule has 0 bridgehead atoms. The normalized spacial score (nSPS) is 12.9. The SMILES string of the molecule is C[C@@H](C(=O)Nc1ccc(F)c(F)c1F)N(C)CC(=O)NC(C)(C)C. The summed E-state index contributed by atoms with van der Waals surface area (Å²) in [6.45, 7) is 6.94. The summed E-state index contributed by atoms with van der Waals surface area (Å²) in [6.07, 6.45) is 0. The van der Waals surface area contributed by atoms with Crippen LogP contribution in [0.15, 0.2) is 12.1 Å². The number of hydrogen-bond donors (Lipinski definition) is 2. The summed E-state index contributed by atoms with van der Waals surface area (Å²) in [4.78, 5) is 25.4. The van der Waals surface area contributed by atoms with Gasteiger partial charge in [0.15, 0.2) is 17.5 Å². The molecular formula is C16H22F3N3O2. The van der Waals surface area contributed by atoms with Gasteiger partial charge >= 0.3 is 0 Å². The number of carbonyl (C=O) groups excluding carboxylic acids is 2. The molecule has 1 aromatic carbocycles. The maximum Gasteiger partial charge on any atom is 0.241 e. The van der Waals surface area contributed by atoms with Gasteiger partial charge in [-0.05, 0) is 46.9 Å². The predicted octanol–water partition coefficient (Wildman–Crippen LogP) is 2.28. The summed E-state index contributed by atoms with van der Waals surface area (Å²) >= 11 is 0. The number of hydrogen-bond acceptors (Lipinski definition) is 3. The molecule has 0 unspecified atom stereocenters. The Morgan fingerprint density at radius 1 is 1.17 bits per heavy atom. The zero-order valence-electron chi connectivity index (χ0n) is 14.3. The van der Waals surface area contributed by atoms with Gasteiger partial charge in [-0.2, -0.15) is 0 Å². The van der Waals surface area contributed by atoms with E-state index < -0.39 is 40.6 Å². The third-order valence-electron chi connectivity index (χ3n) is 3.24. The van der Waals surface area contributed by atoms with Crippen molar-refractivity contribution in [2.24, 2.45) is 0 Å². The lowest BCUT2D eigenvalue weighted by atomic mass is 10.1. The van der Waals surface area contributed by atoms with Gasteiger partial charge in [0.25, 0.3) is 0 Å². The molecular weight excluding hydrogens is 323 g/mol. The highest BCUT2D eigenvalue weighted by Gasteiger charge is 2.23. The molecule has 0 aliphatic carbocycles. The van der Waals surface area contributed by atoms with E-state index in [9.17, 15) is 22.8 Å². The van der Waals surface area contributed by atoms with E-state index in [4.69, 9.17) is 0 Å².